The van der Waals surface area contributed by atoms with E-state index in [-0.39, 0.29) is 11.9 Å². The zero-order chi connectivity index (χ0) is 16.3. The predicted molar refractivity (Wildman–Crippen MR) is 94.9 cm³/mol. The lowest BCUT2D eigenvalue weighted by Crippen LogP contribution is -2.35. The van der Waals surface area contributed by atoms with Gasteiger partial charge >= 0.3 is 0 Å². The molecule has 0 fully saturated rings. The number of fused-ring (bicyclic) bond motifs is 1. The van der Waals surface area contributed by atoms with Crippen molar-refractivity contribution in [1.29, 1.82) is 0 Å². The van der Waals surface area contributed by atoms with Crippen molar-refractivity contribution in [2.24, 2.45) is 0 Å². The molecule has 2 rings (SSSR count). The van der Waals surface area contributed by atoms with Crippen molar-refractivity contribution in [2.45, 2.75) is 58.5 Å². The number of carbonyl (C=O) groups excluding carboxylic acids is 1. The monoisotopic (exact) mass is 337 g/mol. The molecule has 0 atom stereocenters. The van der Waals surface area contributed by atoms with Gasteiger partial charge in [-0.3, -0.25) is 4.79 Å². The number of nitrogens with one attached hydrogen (secondary N) is 1. The minimum absolute atomic E-state index is 0.0766. The Morgan fingerprint density at radius 3 is 2.55 bits per heavy atom. The van der Waals surface area contributed by atoms with Gasteiger partial charge in [0.25, 0.3) is 0 Å². The molecule has 6 heteroatoms. The first-order valence-corrected chi connectivity index (χ1v) is 9.42. The molecule has 0 spiro atoms. The summed E-state index contributed by atoms with van der Waals surface area (Å²) in [5.41, 5.74) is 1.22. The van der Waals surface area contributed by atoms with E-state index in [9.17, 15) is 4.79 Å². The van der Waals surface area contributed by atoms with Crippen molar-refractivity contribution < 1.29 is 4.79 Å². The van der Waals surface area contributed by atoms with E-state index < -0.39 is 0 Å². The van der Waals surface area contributed by atoms with Gasteiger partial charge in [0, 0.05) is 16.3 Å². The van der Waals surface area contributed by atoms with Crippen LogP contribution in [0.2, 0.25) is 0 Å². The molecular formula is C16H23N3OS2. The van der Waals surface area contributed by atoms with Crippen LogP contribution in [0.5, 0.6) is 0 Å². The summed E-state index contributed by atoms with van der Waals surface area (Å²) in [5.74, 6) is 1.24. The molecule has 1 N–H and O–H groups in total. The molecule has 0 aromatic carbocycles. The Balaban J connectivity index is 2.16. The first-order chi connectivity index (χ1) is 10.5. The minimum atomic E-state index is 0.0766. The van der Waals surface area contributed by atoms with Crippen LogP contribution in [0.15, 0.2) is 5.03 Å². The fraction of sp³-hybridized carbons (Fsp3) is 0.562. The Morgan fingerprint density at radius 1 is 1.23 bits per heavy atom. The quantitative estimate of drug-likeness (QED) is 0.639. The number of carbonyl (C=O) groups is 1. The van der Waals surface area contributed by atoms with E-state index in [0.717, 1.165) is 33.9 Å². The fourth-order valence-electron chi connectivity index (χ4n) is 2.31. The summed E-state index contributed by atoms with van der Waals surface area (Å²) in [6.45, 7) is 10.3. The summed E-state index contributed by atoms with van der Waals surface area (Å²) in [4.78, 5) is 23.4. The zero-order valence-corrected chi connectivity index (χ0v) is 15.5. The second kappa shape index (κ2) is 7.42. The van der Waals surface area contributed by atoms with Crippen LogP contribution >= 0.6 is 23.1 Å². The van der Waals surface area contributed by atoms with Crippen LogP contribution in [0.1, 0.15) is 43.0 Å². The molecule has 120 valence electrons. The smallest absolute Gasteiger partial charge is 0.230 e. The number of thioether (sulfide) groups is 1. The summed E-state index contributed by atoms with van der Waals surface area (Å²) in [6, 6.07) is 0.269. The van der Waals surface area contributed by atoms with E-state index >= 15 is 0 Å². The molecule has 4 nitrogen and oxygen atoms in total. The third-order valence-corrected chi connectivity index (χ3v) is 5.87. The van der Waals surface area contributed by atoms with E-state index in [2.05, 4.69) is 43.0 Å². The lowest BCUT2D eigenvalue weighted by Gasteiger charge is -2.14. The number of aryl methyl sites for hydroxylation is 3. The largest absolute Gasteiger partial charge is 0.353 e. The third kappa shape index (κ3) is 3.79. The highest BCUT2D eigenvalue weighted by Gasteiger charge is 2.15. The number of amides is 1. The van der Waals surface area contributed by atoms with Gasteiger partial charge in [-0.1, -0.05) is 25.6 Å². The van der Waals surface area contributed by atoms with Crippen LogP contribution in [0.25, 0.3) is 10.2 Å². The van der Waals surface area contributed by atoms with Crippen LogP contribution in [0.3, 0.4) is 0 Å². The van der Waals surface area contributed by atoms with Crippen LogP contribution in [-0.2, 0) is 4.79 Å². The number of thiophene rings is 1. The van der Waals surface area contributed by atoms with Crippen molar-refractivity contribution >= 4 is 39.2 Å². The van der Waals surface area contributed by atoms with Gasteiger partial charge in [-0.25, -0.2) is 9.97 Å². The summed E-state index contributed by atoms with van der Waals surface area (Å²) in [7, 11) is 0. The minimum Gasteiger partial charge on any atom is -0.353 e. The molecule has 0 aliphatic heterocycles. The summed E-state index contributed by atoms with van der Waals surface area (Å²) in [5, 5.41) is 5.09. The lowest BCUT2D eigenvalue weighted by atomic mass is 10.2. The van der Waals surface area contributed by atoms with Crippen LogP contribution in [-0.4, -0.2) is 27.7 Å². The van der Waals surface area contributed by atoms with Gasteiger partial charge < -0.3 is 5.32 Å². The lowest BCUT2D eigenvalue weighted by molar-refractivity contribution is -0.119. The van der Waals surface area contributed by atoms with Gasteiger partial charge in [0.15, 0.2) is 0 Å². The Morgan fingerprint density at radius 2 is 1.91 bits per heavy atom. The van der Waals surface area contributed by atoms with Gasteiger partial charge in [0.1, 0.15) is 15.7 Å². The molecule has 0 aliphatic carbocycles. The normalized spacial score (nSPS) is 11.4. The Hall–Kier alpha value is -1.14. The summed E-state index contributed by atoms with van der Waals surface area (Å²) < 4.78 is 0. The van der Waals surface area contributed by atoms with Crippen LogP contribution in [0.4, 0.5) is 0 Å². The number of aromatic nitrogens is 2. The standard InChI is InChI=1S/C16H23N3OS2/c1-6-12(7-2)19-13(20)8-21-15-14-9(3)10(4)22-16(14)18-11(5)17-15/h12H,6-8H2,1-5H3,(H,19,20). The highest BCUT2D eigenvalue weighted by atomic mass is 32.2. The first kappa shape index (κ1) is 17.2. The number of rotatable bonds is 6. The van der Waals surface area contributed by atoms with Crippen molar-refractivity contribution in [3.8, 4) is 0 Å². The van der Waals surface area contributed by atoms with Crippen LogP contribution in [0, 0.1) is 20.8 Å². The second-order valence-corrected chi connectivity index (χ2v) is 7.58. The average molecular weight is 338 g/mol. The Kier molecular flexibility index (Phi) is 5.81. The molecule has 1 amide bonds. The van der Waals surface area contributed by atoms with Crippen molar-refractivity contribution in [1.82, 2.24) is 15.3 Å². The van der Waals surface area contributed by atoms with E-state index in [1.165, 1.54) is 22.2 Å². The number of hydrogen-bond acceptors (Lipinski definition) is 5. The highest BCUT2D eigenvalue weighted by molar-refractivity contribution is 8.00. The predicted octanol–water partition coefficient (Wildman–Crippen LogP) is 4.01. The van der Waals surface area contributed by atoms with Crippen molar-refractivity contribution in [2.75, 3.05) is 5.75 Å². The number of nitrogens with zero attached hydrogens (tertiary/aromatic N) is 2. The first-order valence-electron chi connectivity index (χ1n) is 7.62. The molecule has 0 saturated heterocycles. The zero-order valence-electron chi connectivity index (χ0n) is 13.8. The summed E-state index contributed by atoms with van der Waals surface area (Å²) in [6.07, 6.45) is 1.93. The Labute approximate surface area is 140 Å². The molecular weight excluding hydrogens is 314 g/mol. The topological polar surface area (TPSA) is 54.9 Å². The molecule has 22 heavy (non-hydrogen) atoms. The summed E-state index contributed by atoms with van der Waals surface area (Å²) >= 11 is 3.20. The fourth-order valence-corrected chi connectivity index (χ4v) is 4.40. The van der Waals surface area contributed by atoms with Gasteiger partial charge in [-0.2, -0.15) is 0 Å². The molecule has 0 aliphatic rings. The molecule has 2 aromatic heterocycles. The van der Waals surface area contributed by atoms with Gasteiger partial charge in [0.2, 0.25) is 5.91 Å². The van der Waals surface area contributed by atoms with E-state index in [4.69, 9.17) is 0 Å². The molecule has 0 unspecified atom stereocenters. The SMILES string of the molecule is CCC(CC)NC(=O)CSc1nc(C)nc2sc(C)c(C)c12. The van der Waals surface area contributed by atoms with Gasteiger partial charge in [0.05, 0.1) is 5.75 Å². The number of hydrogen-bond donors (Lipinski definition) is 1. The maximum Gasteiger partial charge on any atom is 0.230 e. The van der Waals surface area contributed by atoms with Crippen molar-refractivity contribution in [3.05, 3.63) is 16.3 Å². The maximum absolute atomic E-state index is 12.1. The molecule has 2 heterocycles. The van der Waals surface area contributed by atoms with Gasteiger partial charge in [-0.15, -0.1) is 11.3 Å². The van der Waals surface area contributed by atoms with Crippen LogP contribution < -0.4 is 5.32 Å². The van der Waals surface area contributed by atoms with E-state index in [1.54, 1.807) is 11.3 Å². The average Bonchev–Trinajstić information content (AvgIpc) is 2.76. The highest BCUT2D eigenvalue weighted by Crippen LogP contribution is 2.34. The Bertz CT molecular complexity index is 678. The molecule has 0 bridgehead atoms. The maximum atomic E-state index is 12.1. The third-order valence-electron chi connectivity index (χ3n) is 3.80. The molecule has 2 aromatic rings. The van der Waals surface area contributed by atoms with E-state index in [1.807, 2.05) is 6.92 Å². The van der Waals surface area contributed by atoms with Crippen molar-refractivity contribution in [3.63, 3.8) is 0 Å². The molecule has 0 radical (unpaired) electrons. The van der Waals surface area contributed by atoms with E-state index in [0.29, 0.717) is 5.75 Å². The second-order valence-electron chi connectivity index (χ2n) is 5.41. The molecule has 0 saturated carbocycles. The van der Waals surface area contributed by atoms with Gasteiger partial charge in [-0.05, 0) is 39.2 Å².